The van der Waals surface area contributed by atoms with Crippen LogP contribution >= 0.6 is 11.8 Å². The van der Waals surface area contributed by atoms with E-state index >= 15 is 0 Å². The third-order valence-electron chi connectivity index (χ3n) is 8.64. The highest BCUT2D eigenvalue weighted by atomic mass is 32.2. The van der Waals surface area contributed by atoms with Crippen LogP contribution in [0.15, 0.2) is 102 Å². The fraction of sp³-hybridized carbons (Fsp3) is 0.211. The van der Waals surface area contributed by atoms with E-state index < -0.39 is 46.8 Å². The maximum absolute atomic E-state index is 14.1. The van der Waals surface area contributed by atoms with Gasteiger partial charge in [-0.25, -0.2) is 22.0 Å². The minimum atomic E-state index is -2.34. The zero-order valence-corrected chi connectivity index (χ0v) is 27.8. The van der Waals surface area contributed by atoms with E-state index in [1.54, 1.807) is 36.4 Å². The number of thioether (sulfide) groups is 1. The van der Waals surface area contributed by atoms with Crippen molar-refractivity contribution in [2.45, 2.75) is 43.6 Å². The smallest absolute Gasteiger partial charge is 0.257 e. The van der Waals surface area contributed by atoms with Crippen LogP contribution in [-0.2, 0) is 22.6 Å². The first kappa shape index (κ1) is 36.0. The van der Waals surface area contributed by atoms with E-state index in [0.717, 1.165) is 32.5 Å². The summed E-state index contributed by atoms with van der Waals surface area (Å²) < 4.78 is 82.7. The van der Waals surface area contributed by atoms with Gasteiger partial charge < -0.3 is 25.1 Å². The summed E-state index contributed by atoms with van der Waals surface area (Å²) in [6.45, 7) is 1.70. The van der Waals surface area contributed by atoms with Gasteiger partial charge in [0.2, 0.25) is 5.82 Å². The molecule has 0 bridgehead atoms. The molecule has 0 aliphatic carbocycles. The fourth-order valence-corrected chi connectivity index (χ4v) is 6.85. The first-order valence-corrected chi connectivity index (χ1v) is 16.8. The number of aliphatic hydroxyl groups excluding tert-OH is 1. The van der Waals surface area contributed by atoms with Gasteiger partial charge in [0, 0.05) is 35.9 Å². The Balaban J connectivity index is 1.18. The SMILES string of the molecule is C[C@@H]1[C@H](CSc2cccc[n+]2[O-])O[C@H](c2ccc(-c3cccc(CNC(=O)c4c(F)c(F)c(F)c(F)c4F)c3)cc2)O[C@@H]1c1ccc(CO)cc1. The number of carbonyl (C=O) groups is 1. The van der Waals surface area contributed by atoms with Crippen molar-refractivity contribution >= 4 is 17.7 Å². The standard InChI is InChI=1S/C38H31F5N2O5S/c1-21-28(20-51-29-7-2-3-16-45(29)48)49-38(50-36(21)25-10-8-22(19-46)9-11-25)26-14-12-24(13-15-26)27-6-4-5-23(17-27)18-44-37(47)30-31(39)33(41)35(43)34(42)32(30)40/h2-17,21,28,36,38,46H,18-20H2,1H3,(H,44,47)/t21-,28+,36+,38+/m1/s1. The summed E-state index contributed by atoms with van der Waals surface area (Å²) >= 11 is 1.39. The van der Waals surface area contributed by atoms with Crippen LogP contribution in [0, 0.1) is 40.2 Å². The lowest BCUT2D eigenvalue weighted by atomic mass is 9.91. The van der Waals surface area contributed by atoms with Crippen molar-refractivity contribution in [3.05, 3.63) is 159 Å². The minimum Gasteiger partial charge on any atom is -0.618 e. The van der Waals surface area contributed by atoms with Crippen molar-refractivity contribution in [1.29, 1.82) is 0 Å². The molecule has 6 rings (SSSR count). The van der Waals surface area contributed by atoms with E-state index in [1.807, 2.05) is 61.5 Å². The molecule has 7 nitrogen and oxygen atoms in total. The van der Waals surface area contributed by atoms with Crippen LogP contribution in [0.3, 0.4) is 0 Å². The zero-order valence-electron chi connectivity index (χ0n) is 27.0. The average Bonchev–Trinajstić information content (AvgIpc) is 3.16. The van der Waals surface area contributed by atoms with Crippen LogP contribution < -0.4 is 10.0 Å². The molecular weight excluding hydrogens is 691 g/mol. The lowest BCUT2D eigenvalue weighted by Gasteiger charge is -2.41. The molecular formula is C38H31F5N2O5S. The van der Waals surface area contributed by atoms with E-state index in [2.05, 4.69) is 5.32 Å². The number of hydrogen-bond donors (Lipinski definition) is 2. The number of carbonyl (C=O) groups excluding carboxylic acids is 1. The van der Waals surface area contributed by atoms with E-state index in [0.29, 0.717) is 16.3 Å². The molecule has 1 amide bonds. The van der Waals surface area contributed by atoms with Gasteiger partial charge >= 0.3 is 0 Å². The van der Waals surface area contributed by atoms with E-state index in [9.17, 15) is 37.1 Å². The molecule has 51 heavy (non-hydrogen) atoms. The Labute approximate surface area is 294 Å². The number of halogens is 5. The molecule has 2 heterocycles. The number of aromatic nitrogens is 1. The van der Waals surface area contributed by atoms with Gasteiger partial charge in [0.25, 0.3) is 10.9 Å². The lowest BCUT2D eigenvalue weighted by molar-refractivity contribution is -0.645. The average molecular weight is 723 g/mol. The first-order chi connectivity index (χ1) is 24.5. The fourth-order valence-electron chi connectivity index (χ4n) is 5.77. The Morgan fingerprint density at radius 2 is 1.47 bits per heavy atom. The molecule has 1 aliphatic rings. The van der Waals surface area contributed by atoms with Crippen LogP contribution in [-0.4, -0.2) is 22.9 Å². The molecule has 1 fully saturated rings. The van der Waals surface area contributed by atoms with Crippen molar-refractivity contribution in [3.8, 4) is 11.1 Å². The van der Waals surface area contributed by atoms with Crippen molar-refractivity contribution in [2.24, 2.45) is 5.92 Å². The largest absolute Gasteiger partial charge is 0.618 e. The van der Waals surface area contributed by atoms with Gasteiger partial charge in [-0.05, 0) is 39.9 Å². The van der Waals surface area contributed by atoms with Crippen molar-refractivity contribution < 1.29 is 46.1 Å². The van der Waals surface area contributed by atoms with E-state index in [1.165, 1.54) is 18.0 Å². The molecule has 4 aromatic carbocycles. The van der Waals surface area contributed by atoms with Gasteiger partial charge in [0.1, 0.15) is 5.56 Å². The first-order valence-electron chi connectivity index (χ1n) is 15.9. The molecule has 1 aliphatic heterocycles. The van der Waals surface area contributed by atoms with Gasteiger partial charge in [-0.3, -0.25) is 4.79 Å². The maximum atomic E-state index is 14.1. The zero-order chi connectivity index (χ0) is 36.2. The monoisotopic (exact) mass is 722 g/mol. The number of pyridine rings is 1. The molecule has 4 atom stereocenters. The van der Waals surface area contributed by atoms with Crippen LogP contribution in [0.4, 0.5) is 22.0 Å². The normalized spacial score (nSPS) is 18.8. The summed E-state index contributed by atoms with van der Waals surface area (Å²) in [5.74, 6) is -12.2. The molecule has 5 aromatic rings. The topological polar surface area (TPSA) is 94.7 Å². The Kier molecular flexibility index (Phi) is 11.0. The van der Waals surface area contributed by atoms with Crippen LogP contribution in [0.2, 0.25) is 0 Å². The maximum Gasteiger partial charge on any atom is 0.257 e. The number of amides is 1. The number of nitrogens with one attached hydrogen (secondary N) is 1. The number of benzene rings is 4. The summed E-state index contributed by atoms with van der Waals surface area (Å²) in [4.78, 5) is 12.4. The Morgan fingerprint density at radius 1 is 0.804 bits per heavy atom. The molecule has 2 N–H and O–H groups in total. The molecule has 0 saturated carbocycles. The highest BCUT2D eigenvalue weighted by molar-refractivity contribution is 7.99. The molecule has 264 valence electrons. The van der Waals surface area contributed by atoms with Gasteiger partial charge in [0.15, 0.2) is 35.8 Å². The number of nitrogens with zero attached hydrogens (tertiary/aromatic N) is 1. The van der Waals surface area contributed by atoms with Gasteiger partial charge in [-0.1, -0.05) is 85.4 Å². The Morgan fingerprint density at radius 3 is 2.14 bits per heavy atom. The molecule has 0 unspecified atom stereocenters. The number of hydrogen-bond acceptors (Lipinski definition) is 6. The van der Waals surface area contributed by atoms with Crippen molar-refractivity contribution in [1.82, 2.24) is 5.32 Å². The minimum absolute atomic E-state index is 0.0824. The van der Waals surface area contributed by atoms with Crippen LogP contribution in [0.1, 0.15) is 51.9 Å². The summed E-state index contributed by atoms with van der Waals surface area (Å²) in [6.07, 6.45) is 0.0439. The molecule has 1 aromatic heterocycles. The molecule has 13 heteroatoms. The highest BCUT2D eigenvalue weighted by Crippen LogP contribution is 2.43. The number of aliphatic hydroxyl groups is 1. The van der Waals surface area contributed by atoms with Crippen LogP contribution in [0.5, 0.6) is 0 Å². The number of rotatable bonds is 10. The second-order valence-corrected chi connectivity index (χ2v) is 13.0. The Bertz CT molecular complexity index is 2000. The van der Waals surface area contributed by atoms with Crippen molar-refractivity contribution in [3.63, 3.8) is 0 Å². The lowest BCUT2D eigenvalue weighted by Crippen LogP contribution is -2.39. The highest BCUT2D eigenvalue weighted by Gasteiger charge is 2.39. The number of ether oxygens (including phenoxy) is 2. The quantitative estimate of drug-likeness (QED) is 0.0384. The summed E-state index contributed by atoms with van der Waals surface area (Å²) in [5.41, 5.74) is 2.89. The second kappa shape index (κ2) is 15.6. The van der Waals surface area contributed by atoms with Crippen LogP contribution in [0.25, 0.3) is 11.1 Å². The molecule has 1 saturated heterocycles. The summed E-state index contributed by atoms with van der Waals surface area (Å²) in [6, 6.07) is 27.0. The third-order valence-corrected chi connectivity index (χ3v) is 9.75. The van der Waals surface area contributed by atoms with Crippen molar-refractivity contribution in [2.75, 3.05) is 5.75 Å². The van der Waals surface area contributed by atoms with Gasteiger partial charge in [-0.2, -0.15) is 4.73 Å². The Hall–Kier alpha value is -4.82. The summed E-state index contributed by atoms with van der Waals surface area (Å²) in [5, 5.41) is 24.6. The van der Waals surface area contributed by atoms with Gasteiger partial charge in [0.05, 0.1) is 18.8 Å². The molecule has 0 spiro atoms. The predicted molar refractivity (Wildman–Crippen MR) is 178 cm³/mol. The third kappa shape index (κ3) is 7.76. The van der Waals surface area contributed by atoms with Gasteiger partial charge in [-0.15, -0.1) is 0 Å². The van der Waals surface area contributed by atoms with E-state index in [4.69, 9.17) is 9.47 Å². The summed E-state index contributed by atoms with van der Waals surface area (Å²) in [7, 11) is 0. The predicted octanol–water partition coefficient (Wildman–Crippen LogP) is 7.69. The van der Waals surface area contributed by atoms with E-state index in [-0.39, 0.29) is 31.3 Å². The molecule has 0 radical (unpaired) electrons. The second-order valence-electron chi connectivity index (χ2n) is 11.9.